The van der Waals surface area contributed by atoms with Gasteiger partial charge in [0.15, 0.2) is 23.2 Å². The molecule has 7 nitrogen and oxygen atoms in total. The van der Waals surface area contributed by atoms with Crippen LogP contribution in [0.4, 0.5) is 18.9 Å². The van der Waals surface area contributed by atoms with E-state index < -0.39 is 11.7 Å². The zero-order valence-electron chi connectivity index (χ0n) is 40.2. The van der Waals surface area contributed by atoms with Crippen molar-refractivity contribution < 1.29 is 13.2 Å². The summed E-state index contributed by atoms with van der Waals surface area (Å²) in [4.78, 5) is 18.9. The van der Waals surface area contributed by atoms with Gasteiger partial charge >= 0.3 is 6.18 Å². The monoisotopic (exact) mass is 985 g/mol. The van der Waals surface area contributed by atoms with Crippen LogP contribution in [-0.4, -0.2) is 24.1 Å². The van der Waals surface area contributed by atoms with Crippen LogP contribution < -0.4 is 0 Å². The van der Waals surface area contributed by atoms with Crippen molar-refractivity contribution in [3.8, 4) is 85.0 Å². The van der Waals surface area contributed by atoms with E-state index in [0.29, 0.717) is 56.8 Å². The number of para-hydroxylation sites is 3. The van der Waals surface area contributed by atoms with E-state index in [0.717, 1.165) is 83.1 Å². The smallest absolute Gasteiger partial charge is 0.309 e. The topological polar surface area (TPSA) is 76.7 Å². The Bertz CT molecular complexity index is 4480. The quantitative estimate of drug-likeness (QED) is 0.142. The number of rotatable bonds is 8. The van der Waals surface area contributed by atoms with Gasteiger partial charge in [-0.1, -0.05) is 152 Å². The summed E-state index contributed by atoms with van der Waals surface area (Å²) < 4.78 is 50.4. The lowest BCUT2D eigenvalue weighted by molar-refractivity contribution is -0.137. The number of halogens is 3. The second-order valence-electron chi connectivity index (χ2n) is 18.5. The van der Waals surface area contributed by atoms with E-state index in [1.165, 1.54) is 6.07 Å². The molecule has 13 rings (SSSR count). The van der Waals surface area contributed by atoms with Crippen LogP contribution in [0.5, 0.6) is 0 Å². The molecular weight excluding hydrogens is 948 g/mol. The summed E-state index contributed by atoms with van der Waals surface area (Å²) in [7, 11) is 0. The molecule has 10 aromatic carbocycles. The van der Waals surface area contributed by atoms with Gasteiger partial charge in [0.1, 0.15) is 0 Å². The lowest BCUT2D eigenvalue weighted by atomic mass is 9.96. The number of hydrogen-bond donors (Lipinski definition) is 0. The molecule has 76 heavy (non-hydrogen) atoms. The largest absolute Gasteiger partial charge is 0.416 e. The first kappa shape index (κ1) is 45.4. The van der Waals surface area contributed by atoms with E-state index >= 15 is 13.2 Å². The summed E-state index contributed by atoms with van der Waals surface area (Å²) in [5.74, 6) is 1.21. The SMILES string of the molecule is [C-]#[N+]c1ccccc1-c1ccc2c(c1)c1ccccc1n2-c1ccc(C(F)(F)F)cc1-c1cc(-c2nc(-c3ccccc3)nc(-c3ccccc3)n2)ccc1-n1c2ccccc2c2cc(-c3ccccc3C#N)ccc21. The molecule has 0 aliphatic heterocycles. The van der Waals surface area contributed by atoms with Crippen molar-refractivity contribution in [2.75, 3.05) is 0 Å². The maximum atomic E-state index is 15.4. The van der Waals surface area contributed by atoms with Crippen molar-refractivity contribution in [3.05, 3.63) is 253 Å². The first-order chi connectivity index (χ1) is 37.2. The zero-order chi connectivity index (χ0) is 51.5. The van der Waals surface area contributed by atoms with Crippen LogP contribution in [0.15, 0.2) is 231 Å². The lowest BCUT2D eigenvalue weighted by Crippen LogP contribution is -2.08. The van der Waals surface area contributed by atoms with Gasteiger partial charge in [-0.15, -0.1) is 0 Å². The van der Waals surface area contributed by atoms with Crippen LogP contribution in [0.25, 0.3) is 127 Å². The molecule has 0 N–H and O–H groups in total. The Hall–Kier alpha value is -10.4. The first-order valence-electron chi connectivity index (χ1n) is 24.5. The average Bonchev–Trinajstić information content (AvgIpc) is 4.12. The highest BCUT2D eigenvalue weighted by Crippen LogP contribution is 2.46. The molecule has 10 heteroatoms. The van der Waals surface area contributed by atoms with Gasteiger partial charge in [-0.3, -0.25) is 0 Å². The molecule has 13 aromatic rings. The molecule has 3 aromatic heterocycles. The third-order valence-electron chi connectivity index (χ3n) is 14.1. The van der Waals surface area contributed by atoms with Crippen LogP contribution in [0, 0.1) is 17.9 Å². The summed E-state index contributed by atoms with van der Waals surface area (Å²) in [5.41, 5.74) is 10.7. The van der Waals surface area contributed by atoms with Gasteiger partial charge in [0.25, 0.3) is 0 Å². The second-order valence-corrected chi connectivity index (χ2v) is 18.5. The Kier molecular flexibility index (Phi) is 10.9. The van der Waals surface area contributed by atoms with Crippen LogP contribution in [-0.2, 0) is 6.18 Å². The second kappa shape index (κ2) is 18.3. The minimum atomic E-state index is -4.70. The highest BCUT2D eigenvalue weighted by molar-refractivity contribution is 6.13. The fourth-order valence-electron chi connectivity index (χ4n) is 10.6. The van der Waals surface area contributed by atoms with E-state index in [1.807, 2.05) is 193 Å². The van der Waals surface area contributed by atoms with Gasteiger partial charge in [-0.05, 0) is 101 Å². The van der Waals surface area contributed by atoms with Crippen molar-refractivity contribution in [3.63, 3.8) is 0 Å². The fourth-order valence-corrected chi connectivity index (χ4v) is 10.6. The molecule has 0 fully saturated rings. The zero-order valence-corrected chi connectivity index (χ0v) is 40.2. The molecule has 0 spiro atoms. The predicted octanol–water partition coefficient (Wildman–Crippen LogP) is 17.5. The first-order valence-corrected chi connectivity index (χ1v) is 24.5. The highest BCUT2D eigenvalue weighted by atomic mass is 19.4. The van der Waals surface area contributed by atoms with Crippen molar-refractivity contribution in [1.82, 2.24) is 24.1 Å². The molecule has 0 atom stereocenters. The van der Waals surface area contributed by atoms with E-state index in [1.54, 1.807) is 18.2 Å². The Balaban J connectivity index is 1.13. The van der Waals surface area contributed by atoms with E-state index in [9.17, 15) is 5.26 Å². The third-order valence-corrected chi connectivity index (χ3v) is 14.1. The molecule has 0 saturated carbocycles. The van der Waals surface area contributed by atoms with E-state index in [2.05, 4.69) is 27.6 Å². The van der Waals surface area contributed by atoms with Crippen LogP contribution in [0.1, 0.15) is 11.1 Å². The normalized spacial score (nSPS) is 11.6. The van der Waals surface area contributed by atoms with Gasteiger partial charge in [-0.25, -0.2) is 19.8 Å². The van der Waals surface area contributed by atoms with E-state index in [4.69, 9.17) is 21.5 Å². The highest BCUT2D eigenvalue weighted by Gasteiger charge is 2.33. The van der Waals surface area contributed by atoms with Crippen LogP contribution >= 0.6 is 0 Å². The van der Waals surface area contributed by atoms with Crippen LogP contribution in [0.3, 0.4) is 0 Å². The maximum Gasteiger partial charge on any atom is 0.416 e. The van der Waals surface area contributed by atoms with Crippen LogP contribution in [0.2, 0.25) is 0 Å². The van der Waals surface area contributed by atoms with E-state index in [-0.39, 0.29) is 0 Å². The van der Waals surface area contributed by atoms with Gasteiger partial charge in [-0.2, -0.15) is 18.4 Å². The van der Waals surface area contributed by atoms with Crippen molar-refractivity contribution in [2.24, 2.45) is 0 Å². The maximum absolute atomic E-state index is 15.4. The minimum absolute atomic E-state index is 0.308. The molecule has 358 valence electrons. The standard InChI is InChI=1S/C66H38F3N7/c1-71-56-25-13-10-22-49(56)44-29-33-60-53(37-44)51-24-12-15-27-58(51)76(60)62-35-31-47(66(67,68)69)39-55(62)54-38-45(65-73-63(41-16-4-2-5-17-41)72-64(74-65)42-18-6-3-7-19-42)30-34-61(54)75-57-26-14-11-23-50(57)52-36-43(28-32-59(52)75)48-21-9-8-20-46(48)40-70/h2-39H. The van der Waals surface area contributed by atoms with Gasteiger partial charge in [0.2, 0.25) is 0 Å². The number of aromatic nitrogens is 5. The molecule has 0 bridgehead atoms. The molecule has 3 heterocycles. The third kappa shape index (κ3) is 7.72. The van der Waals surface area contributed by atoms with Gasteiger partial charge in [0, 0.05) is 49.4 Å². The summed E-state index contributed by atoms with van der Waals surface area (Å²) in [6, 6.07) is 74.2. The number of benzene rings is 10. The number of fused-ring (bicyclic) bond motifs is 6. The molecule has 0 amide bonds. The minimum Gasteiger partial charge on any atom is -0.309 e. The summed E-state index contributed by atoms with van der Waals surface area (Å²) >= 11 is 0. The van der Waals surface area contributed by atoms with Crippen molar-refractivity contribution in [1.29, 1.82) is 5.26 Å². The van der Waals surface area contributed by atoms with Gasteiger partial charge < -0.3 is 9.13 Å². The Morgan fingerprint density at radius 2 is 0.842 bits per heavy atom. The lowest BCUT2D eigenvalue weighted by Gasteiger charge is -2.21. The molecule has 0 radical (unpaired) electrons. The Labute approximate surface area is 434 Å². The molecule has 0 aliphatic carbocycles. The summed E-state index contributed by atoms with van der Waals surface area (Å²) in [6.45, 7) is 7.92. The number of nitrogens with zero attached hydrogens (tertiary/aromatic N) is 7. The molecule has 0 saturated heterocycles. The average molecular weight is 986 g/mol. The number of nitriles is 1. The van der Waals surface area contributed by atoms with Crippen molar-refractivity contribution in [2.45, 2.75) is 6.18 Å². The number of alkyl halides is 3. The van der Waals surface area contributed by atoms with Crippen molar-refractivity contribution >= 4 is 49.3 Å². The number of hydrogen-bond acceptors (Lipinski definition) is 4. The summed E-state index contributed by atoms with van der Waals surface area (Å²) in [6.07, 6.45) is -4.70. The predicted molar refractivity (Wildman–Crippen MR) is 297 cm³/mol. The molecule has 0 aliphatic rings. The fraction of sp³-hybridized carbons (Fsp3) is 0.0152. The molecular formula is C66H38F3N7. The van der Waals surface area contributed by atoms with Gasteiger partial charge in [0.05, 0.1) is 57.2 Å². The summed E-state index contributed by atoms with van der Waals surface area (Å²) in [5, 5.41) is 13.7. The Morgan fingerprint density at radius 1 is 0.395 bits per heavy atom. The Morgan fingerprint density at radius 3 is 1.41 bits per heavy atom. The molecule has 0 unspecified atom stereocenters.